The minimum absolute atomic E-state index is 0.581. The van der Waals surface area contributed by atoms with Gasteiger partial charge in [0.05, 0.1) is 19.6 Å². The van der Waals surface area contributed by atoms with E-state index in [1.54, 1.807) is 0 Å². The van der Waals surface area contributed by atoms with E-state index in [0.29, 0.717) is 19.6 Å². The molecule has 0 spiro atoms. The third kappa shape index (κ3) is 8.15. The summed E-state index contributed by atoms with van der Waals surface area (Å²) in [5.74, 6) is 0. The lowest BCUT2D eigenvalue weighted by Crippen LogP contribution is -1.96. The maximum Gasteiger partial charge on any atom is 0.0640 e. The second-order valence-electron chi connectivity index (χ2n) is 17.7. The van der Waals surface area contributed by atoms with E-state index in [1.165, 1.54) is 117 Å². The van der Waals surface area contributed by atoms with Crippen LogP contribution >= 0.6 is 0 Å². The number of hydrogen-bond donors (Lipinski definition) is 0. The number of nitrogens with zero attached hydrogens (tertiary/aromatic N) is 3. The summed E-state index contributed by atoms with van der Waals surface area (Å²) in [6, 6.07) is 54.7. The van der Waals surface area contributed by atoms with E-state index >= 15 is 0 Å². The topological polar surface area (TPSA) is 37.1 Å². The van der Waals surface area contributed by atoms with Crippen LogP contribution in [0.25, 0.3) is 66.8 Å². The molecular weight excluding hydrogens is 763 g/mol. The van der Waals surface area contributed by atoms with Crippen LogP contribution < -0.4 is 0 Å². The summed E-state index contributed by atoms with van der Waals surface area (Å²) in [4.78, 5) is 15.2. The first-order chi connectivity index (χ1) is 30.6. The van der Waals surface area contributed by atoms with Crippen molar-refractivity contribution in [1.82, 2.24) is 0 Å². The molecule has 0 radical (unpaired) electrons. The minimum Gasteiger partial charge on any atom is -0.288 e. The van der Waals surface area contributed by atoms with Gasteiger partial charge in [0, 0.05) is 18.6 Å². The van der Waals surface area contributed by atoms with Crippen LogP contribution in [0, 0.1) is 41.5 Å². The monoisotopic (exact) mass is 813 g/mol. The molecule has 0 aliphatic carbocycles. The zero-order valence-electron chi connectivity index (χ0n) is 37.1. The lowest BCUT2D eigenvalue weighted by Gasteiger charge is -2.17. The first-order valence-corrected chi connectivity index (χ1v) is 22.0. The van der Waals surface area contributed by atoms with Gasteiger partial charge in [-0.25, -0.2) is 0 Å². The molecule has 0 unspecified atom stereocenters. The van der Waals surface area contributed by atoms with Crippen LogP contribution in [0.4, 0.5) is 0 Å². The SMILES string of the molecule is Cc1ccc2cc1-c1cc3cc(c1)-c1cc(ccc1C)C=NCc1ccc(C)c(c1)-c1cc(cc(c1)-c1cc(ccc1C)CN=Cc1ccc(C)c-3c1)-c1cc(ccc1C)CN=C2. The molecule has 3 aliphatic heterocycles. The molecule has 3 nitrogen and oxygen atoms in total. The Labute approximate surface area is 372 Å². The average molecular weight is 814 g/mol. The molecule has 3 heteroatoms. The molecule has 0 amide bonds. The number of hydrogen-bond acceptors (Lipinski definition) is 3. The zero-order chi connectivity index (χ0) is 43.2. The number of fused-ring (bicyclic) bond motifs is 3. The Kier molecular flexibility index (Phi) is 10.5. The molecule has 63 heavy (non-hydrogen) atoms. The van der Waals surface area contributed by atoms with Crippen LogP contribution in [0.3, 0.4) is 0 Å². The third-order valence-electron chi connectivity index (χ3n) is 13.0. The van der Waals surface area contributed by atoms with Crippen LogP contribution in [0.2, 0.25) is 0 Å². The van der Waals surface area contributed by atoms with Gasteiger partial charge in [-0.1, -0.05) is 72.8 Å². The van der Waals surface area contributed by atoms with Gasteiger partial charge >= 0.3 is 0 Å². The Bertz CT molecular complexity index is 2850. The van der Waals surface area contributed by atoms with Gasteiger partial charge in [-0.2, -0.15) is 0 Å². The number of aliphatic imine (C=N–C) groups is 3. The summed E-state index contributed by atoms with van der Waals surface area (Å²) in [7, 11) is 0. The molecule has 0 saturated heterocycles. The highest BCUT2D eigenvalue weighted by Gasteiger charge is 2.16. The molecule has 8 aromatic rings. The molecule has 306 valence electrons. The highest BCUT2D eigenvalue weighted by molar-refractivity contribution is 5.91. The molecule has 0 N–H and O–H groups in total. The van der Waals surface area contributed by atoms with Crippen molar-refractivity contribution >= 4 is 18.6 Å². The number of aryl methyl sites for hydroxylation is 6. The second kappa shape index (κ2) is 16.6. The van der Waals surface area contributed by atoms with Gasteiger partial charge in [0.2, 0.25) is 0 Å². The van der Waals surface area contributed by atoms with Crippen molar-refractivity contribution in [3.05, 3.63) is 212 Å². The van der Waals surface area contributed by atoms with Gasteiger partial charge in [0.1, 0.15) is 0 Å². The highest BCUT2D eigenvalue weighted by atomic mass is 14.7. The predicted molar refractivity (Wildman–Crippen MR) is 268 cm³/mol. The fourth-order valence-corrected chi connectivity index (χ4v) is 9.29. The van der Waals surface area contributed by atoms with E-state index in [1.807, 2.05) is 18.6 Å². The summed E-state index contributed by atoms with van der Waals surface area (Å²) >= 11 is 0. The summed E-state index contributed by atoms with van der Waals surface area (Å²) in [5, 5.41) is 0. The van der Waals surface area contributed by atoms with Crippen molar-refractivity contribution in [3.8, 4) is 66.8 Å². The molecule has 0 atom stereocenters. The fourth-order valence-electron chi connectivity index (χ4n) is 9.29. The quantitative estimate of drug-likeness (QED) is 0.146. The van der Waals surface area contributed by atoms with Crippen molar-refractivity contribution in [2.75, 3.05) is 0 Å². The molecule has 18 bridgehead atoms. The molecule has 0 fully saturated rings. The minimum atomic E-state index is 0.581. The Morgan fingerprint density at radius 2 is 0.476 bits per heavy atom. The van der Waals surface area contributed by atoms with E-state index in [4.69, 9.17) is 15.0 Å². The van der Waals surface area contributed by atoms with Crippen LogP contribution in [0.5, 0.6) is 0 Å². The molecule has 8 aromatic carbocycles. The van der Waals surface area contributed by atoms with Crippen molar-refractivity contribution < 1.29 is 0 Å². The summed E-state index contributed by atoms with van der Waals surface area (Å²) < 4.78 is 0. The lowest BCUT2D eigenvalue weighted by molar-refractivity contribution is 1.07. The fraction of sp³-hybridized carbons (Fsp3) is 0.150. The van der Waals surface area contributed by atoms with E-state index in [0.717, 1.165) is 16.7 Å². The van der Waals surface area contributed by atoms with E-state index in [-0.39, 0.29) is 0 Å². The van der Waals surface area contributed by atoms with Gasteiger partial charge in [-0.05, 0) is 248 Å². The van der Waals surface area contributed by atoms with Crippen molar-refractivity contribution in [3.63, 3.8) is 0 Å². The first-order valence-electron chi connectivity index (χ1n) is 22.0. The molecule has 0 saturated carbocycles. The second-order valence-corrected chi connectivity index (χ2v) is 17.7. The average Bonchev–Trinajstić information content (AvgIpc) is 3.28. The van der Waals surface area contributed by atoms with Crippen LogP contribution in [0.15, 0.2) is 161 Å². The normalized spacial score (nSPS) is 12.9. The summed E-state index contributed by atoms with van der Waals surface area (Å²) in [6.45, 7) is 15.0. The molecule has 11 rings (SSSR count). The van der Waals surface area contributed by atoms with E-state index in [9.17, 15) is 0 Å². The summed E-state index contributed by atoms with van der Waals surface area (Å²) in [6.07, 6.45) is 6.11. The van der Waals surface area contributed by atoms with Gasteiger partial charge in [-0.15, -0.1) is 0 Å². The molecule has 0 aromatic heterocycles. The van der Waals surface area contributed by atoms with Crippen LogP contribution in [0.1, 0.15) is 66.8 Å². The summed E-state index contributed by atoms with van der Waals surface area (Å²) in [5.41, 5.74) is 28.4. The van der Waals surface area contributed by atoms with Gasteiger partial charge < -0.3 is 0 Å². The first kappa shape index (κ1) is 39.9. The smallest absolute Gasteiger partial charge is 0.0640 e. The standard InChI is InChI=1S/C60H51N3/c1-37-7-13-43-19-55(37)49-25-50-27-51(26-49)57-21-45(15-9-39(57)3)34-63-36-48-18-12-42(6)60(24-48)54-29-52(58-22-46(32-61-31-43)16-10-40(58)4)28-53(30-54)59-23-47(17-11-41(59)5)35-62-33-44-14-8-38(2)56(50)20-44/h7-31,33-34H,32,35-36H2,1-6H3. The van der Waals surface area contributed by atoms with E-state index in [2.05, 4.69) is 187 Å². The van der Waals surface area contributed by atoms with Crippen LogP contribution in [-0.4, -0.2) is 18.6 Å². The Balaban J connectivity index is 1.27. The maximum absolute atomic E-state index is 5.07. The number of rotatable bonds is 0. The predicted octanol–water partition coefficient (Wildman–Crippen LogP) is 15.0. The molecular formula is C60H51N3. The highest BCUT2D eigenvalue weighted by Crippen LogP contribution is 2.39. The van der Waals surface area contributed by atoms with Crippen molar-refractivity contribution in [1.29, 1.82) is 0 Å². The molecule has 3 aliphatic rings. The van der Waals surface area contributed by atoms with E-state index < -0.39 is 0 Å². The Morgan fingerprint density at radius 1 is 0.254 bits per heavy atom. The van der Waals surface area contributed by atoms with Gasteiger partial charge in [0.25, 0.3) is 0 Å². The number of benzene rings is 8. The van der Waals surface area contributed by atoms with Gasteiger partial charge in [-0.3, -0.25) is 15.0 Å². The zero-order valence-corrected chi connectivity index (χ0v) is 37.1. The lowest BCUT2D eigenvalue weighted by atomic mass is 9.88. The van der Waals surface area contributed by atoms with Gasteiger partial charge in [0.15, 0.2) is 0 Å². The van der Waals surface area contributed by atoms with Crippen molar-refractivity contribution in [2.24, 2.45) is 15.0 Å². The van der Waals surface area contributed by atoms with Crippen LogP contribution in [-0.2, 0) is 19.6 Å². The Morgan fingerprint density at radius 3 is 0.730 bits per heavy atom. The maximum atomic E-state index is 5.07. The van der Waals surface area contributed by atoms with Crippen molar-refractivity contribution in [2.45, 2.75) is 61.2 Å². The third-order valence-corrected chi connectivity index (χ3v) is 13.0. The largest absolute Gasteiger partial charge is 0.288 e. The molecule has 3 heterocycles. The Hall–Kier alpha value is -7.23.